The Labute approximate surface area is 166 Å². The minimum absolute atomic E-state index is 0.0930. The highest BCUT2D eigenvalue weighted by atomic mass is 32.2. The molecule has 4 heteroatoms. The summed E-state index contributed by atoms with van der Waals surface area (Å²) in [7, 11) is 0. The highest BCUT2D eigenvalue weighted by Gasteiger charge is 2.12. The summed E-state index contributed by atoms with van der Waals surface area (Å²) in [6.45, 7) is 9.40. The van der Waals surface area contributed by atoms with Crippen molar-refractivity contribution in [1.82, 2.24) is 4.90 Å². The molecule has 0 radical (unpaired) electrons. The van der Waals surface area contributed by atoms with E-state index in [1.54, 1.807) is 6.08 Å². The summed E-state index contributed by atoms with van der Waals surface area (Å²) >= 11 is 2.02. The molecule has 1 N–H and O–H groups in total. The first-order valence-corrected chi connectivity index (χ1v) is 10.6. The zero-order valence-electron chi connectivity index (χ0n) is 16.4. The van der Waals surface area contributed by atoms with E-state index in [9.17, 15) is 4.79 Å². The highest BCUT2D eigenvalue weighted by molar-refractivity contribution is 7.99. The van der Waals surface area contributed by atoms with Gasteiger partial charge in [-0.3, -0.25) is 9.69 Å². The van der Waals surface area contributed by atoms with Crippen molar-refractivity contribution < 1.29 is 4.79 Å². The molecule has 0 spiro atoms. The van der Waals surface area contributed by atoms with Gasteiger partial charge in [0, 0.05) is 42.9 Å². The number of anilines is 1. The number of nitrogens with zero attached hydrogens (tertiary/aromatic N) is 1. The van der Waals surface area contributed by atoms with Crippen LogP contribution in [-0.2, 0) is 11.3 Å². The van der Waals surface area contributed by atoms with Crippen molar-refractivity contribution in [3.63, 3.8) is 0 Å². The Hall–Kier alpha value is -2.04. The number of amides is 1. The van der Waals surface area contributed by atoms with Crippen LogP contribution < -0.4 is 5.32 Å². The zero-order valence-corrected chi connectivity index (χ0v) is 17.2. The monoisotopic (exact) mass is 380 g/mol. The first-order valence-electron chi connectivity index (χ1n) is 9.47. The topological polar surface area (TPSA) is 32.3 Å². The normalized spacial score (nSPS) is 15.2. The molecule has 1 aliphatic rings. The molecule has 1 amide bonds. The molecule has 1 fully saturated rings. The minimum Gasteiger partial charge on any atom is -0.322 e. The van der Waals surface area contributed by atoms with Gasteiger partial charge in [0.15, 0.2) is 0 Å². The third-order valence-electron chi connectivity index (χ3n) is 4.91. The van der Waals surface area contributed by atoms with Gasteiger partial charge in [-0.15, -0.1) is 0 Å². The number of aryl methyl sites for hydroxylation is 3. The molecule has 0 aromatic heterocycles. The number of benzene rings is 2. The van der Waals surface area contributed by atoms with E-state index in [-0.39, 0.29) is 5.91 Å². The van der Waals surface area contributed by atoms with Crippen molar-refractivity contribution in [2.24, 2.45) is 0 Å². The number of nitrogens with one attached hydrogen (secondary N) is 1. The lowest BCUT2D eigenvalue weighted by Gasteiger charge is -2.26. The quantitative estimate of drug-likeness (QED) is 0.755. The molecule has 0 bridgehead atoms. The minimum atomic E-state index is -0.0930. The number of hydrogen-bond acceptors (Lipinski definition) is 3. The fraction of sp³-hybridized carbons (Fsp3) is 0.348. The van der Waals surface area contributed by atoms with Crippen LogP contribution in [0.4, 0.5) is 5.69 Å². The summed E-state index contributed by atoms with van der Waals surface area (Å²) in [6.07, 6.45) is 3.50. The van der Waals surface area contributed by atoms with Crippen LogP contribution in [0.25, 0.3) is 6.08 Å². The average Bonchev–Trinajstić information content (AvgIpc) is 2.64. The second-order valence-corrected chi connectivity index (χ2v) is 8.45. The molecule has 3 nitrogen and oxygen atoms in total. The van der Waals surface area contributed by atoms with Gasteiger partial charge in [-0.2, -0.15) is 11.8 Å². The van der Waals surface area contributed by atoms with Crippen LogP contribution in [0, 0.1) is 20.8 Å². The molecule has 1 saturated heterocycles. The molecular formula is C23H28N2OS. The largest absolute Gasteiger partial charge is 0.322 e. The van der Waals surface area contributed by atoms with Gasteiger partial charge in [-0.05, 0) is 55.2 Å². The van der Waals surface area contributed by atoms with Crippen LogP contribution in [0.1, 0.15) is 27.8 Å². The summed E-state index contributed by atoms with van der Waals surface area (Å²) in [5.74, 6) is 2.32. The summed E-state index contributed by atoms with van der Waals surface area (Å²) in [5.41, 5.74) is 6.71. The first-order chi connectivity index (χ1) is 13.0. The Bertz CT molecular complexity index is 838. The predicted octanol–water partition coefficient (Wildman–Crippen LogP) is 4.81. The molecule has 1 aliphatic heterocycles. The molecule has 142 valence electrons. The summed E-state index contributed by atoms with van der Waals surface area (Å²) in [5, 5.41) is 3.04. The van der Waals surface area contributed by atoms with Crippen molar-refractivity contribution >= 4 is 29.4 Å². The van der Waals surface area contributed by atoms with Crippen LogP contribution in [0.15, 0.2) is 42.5 Å². The summed E-state index contributed by atoms with van der Waals surface area (Å²) < 4.78 is 0. The smallest absolute Gasteiger partial charge is 0.248 e. The second-order valence-electron chi connectivity index (χ2n) is 7.22. The van der Waals surface area contributed by atoms with Crippen LogP contribution in [-0.4, -0.2) is 35.4 Å². The van der Waals surface area contributed by atoms with E-state index in [1.807, 2.05) is 24.8 Å². The lowest BCUT2D eigenvalue weighted by Crippen LogP contribution is -2.31. The maximum atomic E-state index is 12.4. The van der Waals surface area contributed by atoms with E-state index >= 15 is 0 Å². The van der Waals surface area contributed by atoms with Crippen molar-refractivity contribution in [1.29, 1.82) is 0 Å². The van der Waals surface area contributed by atoms with E-state index in [0.29, 0.717) is 0 Å². The van der Waals surface area contributed by atoms with E-state index < -0.39 is 0 Å². The van der Waals surface area contributed by atoms with Crippen molar-refractivity contribution in [3.8, 4) is 0 Å². The summed E-state index contributed by atoms with van der Waals surface area (Å²) in [6, 6.07) is 12.6. The van der Waals surface area contributed by atoms with Gasteiger partial charge >= 0.3 is 0 Å². The van der Waals surface area contributed by atoms with Gasteiger partial charge in [0.25, 0.3) is 0 Å². The number of hydrogen-bond donors (Lipinski definition) is 1. The molecule has 27 heavy (non-hydrogen) atoms. The zero-order chi connectivity index (χ0) is 19.2. The Morgan fingerprint density at radius 1 is 1.07 bits per heavy atom. The van der Waals surface area contributed by atoms with E-state index in [2.05, 4.69) is 60.5 Å². The van der Waals surface area contributed by atoms with Crippen LogP contribution in [0.5, 0.6) is 0 Å². The molecule has 0 saturated carbocycles. The molecule has 2 aromatic rings. The van der Waals surface area contributed by atoms with Gasteiger partial charge in [0.05, 0.1) is 0 Å². The Morgan fingerprint density at radius 2 is 1.85 bits per heavy atom. The fourth-order valence-corrected chi connectivity index (χ4v) is 4.25. The molecule has 0 atom stereocenters. The number of carbonyl (C=O) groups is 1. The van der Waals surface area contributed by atoms with E-state index in [0.717, 1.165) is 36.4 Å². The SMILES string of the molecule is Cc1ccc(/C=C/C(=O)Nc2cc(CN3CCSCC3)ccc2C)c(C)c1. The van der Waals surface area contributed by atoms with Gasteiger partial charge in [-0.1, -0.05) is 35.9 Å². The second kappa shape index (κ2) is 9.25. The molecule has 1 heterocycles. The maximum absolute atomic E-state index is 12.4. The number of thioether (sulfide) groups is 1. The number of carbonyl (C=O) groups excluding carboxylic acids is 1. The van der Waals surface area contributed by atoms with Crippen molar-refractivity contribution in [3.05, 3.63) is 70.3 Å². The van der Waals surface area contributed by atoms with Crippen LogP contribution in [0.2, 0.25) is 0 Å². The lowest BCUT2D eigenvalue weighted by atomic mass is 10.1. The van der Waals surface area contributed by atoms with E-state index in [4.69, 9.17) is 0 Å². The highest BCUT2D eigenvalue weighted by Crippen LogP contribution is 2.20. The first kappa shape index (κ1) is 19.7. The Kier molecular flexibility index (Phi) is 6.75. The van der Waals surface area contributed by atoms with Crippen LogP contribution >= 0.6 is 11.8 Å². The molecule has 0 unspecified atom stereocenters. The molecule has 0 aliphatic carbocycles. The predicted molar refractivity (Wildman–Crippen MR) is 117 cm³/mol. The summed E-state index contributed by atoms with van der Waals surface area (Å²) in [4.78, 5) is 14.9. The average molecular weight is 381 g/mol. The van der Waals surface area contributed by atoms with Crippen molar-refractivity contribution in [2.45, 2.75) is 27.3 Å². The third-order valence-corrected chi connectivity index (χ3v) is 5.85. The fourth-order valence-electron chi connectivity index (χ4n) is 3.27. The number of rotatable bonds is 5. The van der Waals surface area contributed by atoms with Gasteiger partial charge < -0.3 is 5.32 Å². The van der Waals surface area contributed by atoms with E-state index in [1.165, 1.54) is 28.2 Å². The maximum Gasteiger partial charge on any atom is 0.248 e. The molecule has 2 aromatic carbocycles. The van der Waals surface area contributed by atoms with Gasteiger partial charge in [-0.25, -0.2) is 0 Å². The Morgan fingerprint density at radius 3 is 2.59 bits per heavy atom. The molecule has 3 rings (SSSR count). The van der Waals surface area contributed by atoms with Gasteiger partial charge in [0.2, 0.25) is 5.91 Å². The Balaban J connectivity index is 1.65. The standard InChI is InChI=1S/C23H28N2OS/c1-17-4-7-21(19(3)14-17)8-9-23(26)24-22-15-20(6-5-18(22)2)16-25-10-12-27-13-11-25/h4-9,14-15H,10-13,16H2,1-3H3,(H,24,26)/b9-8+. The van der Waals surface area contributed by atoms with Gasteiger partial charge in [0.1, 0.15) is 0 Å². The molecular weight excluding hydrogens is 352 g/mol. The van der Waals surface area contributed by atoms with Crippen molar-refractivity contribution in [2.75, 3.05) is 29.9 Å². The lowest BCUT2D eigenvalue weighted by molar-refractivity contribution is -0.111. The van der Waals surface area contributed by atoms with Crippen LogP contribution in [0.3, 0.4) is 0 Å². The third kappa shape index (κ3) is 5.72.